The summed E-state index contributed by atoms with van der Waals surface area (Å²) in [6.07, 6.45) is 1.69. The Kier molecular flexibility index (Phi) is 6.65. The molecule has 7 heteroatoms. The molecule has 0 spiro atoms. The van der Waals surface area contributed by atoms with Crippen LogP contribution in [0.4, 0.5) is 0 Å². The van der Waals surface area contributed by atoms with Gasteiger partial charge in [-0.15, -0.1) is 0 Å². The average molecular weight is 363 g/mol. The Morgan fingerprint density at radius 1 is 1.04 bits per heavy atom. The average Bonchev–Trinajstić information content (AvgIpc) is 2.62. The molecule has 1 N–H and O–H groups in total. The van der Waals surface area contributed by atoms with Gasteiger partial charge in [0.25, 0.3) is 0 Å². The standard InChI is InChI=1S/C18H19ClN2O4/c1-23-15-9-6-13(17(24-2)18(15)25-3)11-20-21-16(22)10-12-4-7-14(19)8-5-12/h4-9,11H,10H2,1-3H3,(H,21,22)/b20-11+. The third-order valence-corrected chi connectivity index (χ3v) is 3.66. The van der Waals surface area contributed by atoms with Crippen LogP contribution in [0.2, 0.25) is 5.02 Å². The van der Waals surface area contributed by atoms with Gasteiger partial charge in [0.05, 0.1) is 34.0 Å². The van der Waals surface area contributed by atoms with Crippen LogP contribution in [0.1, 0.15) is 11.1 Å². The first kappa shape index (κ1) is 18.6. The van der Waals surface area contributed by atoms with Gasteiger partial charge in [-0.25, -0.2) is 5.43 Å². The van der Waals surface area contributed by atoms with Crippen molar-refractivity contribution in [1.29, 1.82) is 0 Å². The fourth-order valence-corrected chi connectivity index (χ4v) is 2.35. The summed E-state index contributed by atoms with van der Waals surface area (Å²) in [4.78, 5) is 11.9. The quantitative estimate of drug-likeness (QED) is 0.607. The summed E-state index contributed by atoms with van der Waals surface area (Å²) in [7, 11) is 4.59. The lowest BCUT2D eigenvalue weighted by Gasteiger charge is -2.13. The molecule has 6 nitrogen and oxygen atoms in total. The van der Waals surface area contributed by atoms with Crippen molar-refractivity contribution in [2.45, 2.75) is 6.42 Å². The molecule has 0 saturated heterocycles. The predicted molar refractivity (Wildman–Crippen MR) is 97.0 cm³/mol. The second-order valence-corrected chi connectivity index (χ2v) is 5.46. The first-order valence-electron chi connectivity index (χ1n) is 7.44. The fraction of sp³-hybridized carbons (Fsp3) is 0.222. The third-order valence-electron chi connectivity index (χ3n) is 3.41. The minimum Gasteiger partial charge on any atom is -0.493 e. The van der Waals surface area contributed by atoms with Crippen LogP contribution < -0.4 is 19.6 Å². The fourth-order valence-electron chi connectivity index (χ4n) is 2.23. The molecular weight excluding hydrogens is 344 g/mol. The number of halogens is 1. The molecule has 0 bridgehead atoms. The van der Waals surface area contributed by atoms with E-state index in [9.17, 15) is 4.79 Å². The number of hydrazone groups is 1. The molecule has 0 aliphatic rings. The largest absolute Gasteiger partial charge is 0.493 e. The van der Waals surface area contributed by atoms with E-state index < -0.39 is 0 Å². The molecule has 1 amide bonds. The molecule has 0 aliphatic heterocycles. The van der Waals surface area contributed by atoms with E-state index in [0.29, 0.717) is 27.8 Å². The van der Waals surface area contributed by atoms with E-state index in [1.807, 2.05) is 0 Å². The Hall–Kier alpha value is -2.73. The highest BCUT2D eigenvalue weighted by Gasteiger charge is 2.14. The van der Waals surface area contributed by atoms with Crippen LogP contribution in [0.5, 0.6) is 17.2 Å². The van der Waals surface area contributed by atoms with Gasteiger partial charge in [0.2, 0.25) is 11.7 Å². The number of amides is 1. The molecule has 25 heavy (non-hydrogen) atoms. The van der Waals surface area contributed by atoms with Crippen molar-refractivity contribution in [3.8, 4) is 17.2 Å². The van der Waals surface area contributed by atoms with Gasteiger partial charge in [-0.05, 0) is 29.8 Å². The van der Waals surface area contributed by atoms with Crippen molar-refractivity contribution < 1.29 is 19.0 Å². The smallest absolute Gasteiger partial charge is 0.244 e. The maximum absolute atomic E-state index is 11.9. The Bertz CT molecular complexity index is 760. The van der Waals surface area contributed by atoms with E-state index in [1.54, 1.807) is 43.5 Å². The van der Waals surface area contributed by atoms with Gasteiger partial charge in [0.1, 0.15) is 0 Å². The van der Waals surface area contributed by atoms with E-state index in [-0.39, 0.29) is 12.3 Å². The Labute approximate surface area is 151 Å². The van der Waals surface area contributed by atoms with Crippen molar-refractivity contribution in [3.63, 3.8) is 0 Å². The molecule has 2 aromatic rings. The van der Waals surface area contributed by atoms with Crippen molar-refractivity contribution in [2.24, 2.45) is 5.10 Å². The third kappa shape index (κ3) is 4.87. The summed E-state index contributed by atoms with van der Waals surface area (Å²) < 4.78 is 15.9. The number of carbonyl (C=O) groups is 1. The van der Waals surface area contributed by atoms with Gasteiger partial charge in [-0.2, -0.15) is 5.10 Å². The van der Waals surface area contributed by atoms with Crippen LogP contribution in [-0.2, 0) is 11.2 Å². The van der Waals surface area contributed by atoms with E-state index in [0.717, 1.165) is 5.56 Å². The number of hydrogen-bond donors (Lipinski definition) is 1. The normalized spacial score (nSPS) is 10.6. The summed E-state index contributed by atoms with van der Waals surface area (Å²) in [5, 5.41) is 4.60. The van der Waals surface area contributed by atoms with Crippen molar-refractivity contribution >= 4 is 23.7 Å². The number of benzene rings is 2. The number of carbonyl (C=O) groups excluding carboxylic acids is 1. The molecule has 132 valence electrons. The van der Waals surface area contributed by atoms with E-state index in [1.165, 1.54) is 20.4 Å². The molecule has 0 aliphatic carbocycles. The van der Waals surface area contributed by atoms with E-state index in [4.69, 9.17) is 25.8 Å². The first-order valence-corrected chi connectivity index (χ1v) is 7.82. The highest BCUT2D eigenvalue weighted by molar-refractivity contribution is 6.30. The van der Waals surface area contributed by atoms with E-state index in [2.05, 4.69) is 10.5 Å². The number of hydrogen-bond acceptors (Lipinski definition) is 5. The van der Waals surface area contributed by atoms with E-state index >= 15 is 0 Å². The maximum Gasteiger partial charge on any atom is 0.244 e. The van der Waals surface area contributed by atoms with Crippen LogP contribution in [0.15, 0.2) is 41.5 Å². The van der Waals surface area contributed by atoms with Gasteiger partial charge in [0.15, 0.2) is 11.5 Å². The maximum atomic E-state index is 11.9. The summed E-state index contributed by atoms with van der Waals surface area (Å²) in [5.74, 6) is 1.24. The zero-order chi connectivity index (χ0) is 18.2. The molecule has 0 heterocycles. The molecule has 0 aromatic heterocycles. The second kappa shape index (κ2) is 8.94. The highest BCUT2D eigenvalue weighted by atomic mass is 35.5. The summed E-state index contributed by atoms with van der Waals surface area (Å²) >= 11 is 5.82. The molecule has 0 radical (unpaired) electrons. The van der Waals surface area contributed by atoms with Gasteiger partial charge in [-0.3, -0.25) is 4.79 Å². The zero-order valence-corrected chi connectivity index (χ0v) is 15.0. The Morgan fingerprint density at radius 3 is 2.32 bits per heavy atom. The summed E-state index contributed by atoms with van der Waals surface area (Å²) in [5.41, 5.74) is 3.97. The second-order valence-electron chi connectivity index (χ2n) is 5.02. The summed E-state index contributed by atoms with van der Waals surface area (Å²) in [6, 6.07) is 10.6. The molecular formula is C18H19ClN2O4. The Morgan fingerprint density at radius 2 is 1.72 bits per heavy atom. The van der Waals surface area contributed by atoms with Crippen molar-refractivity contribution in [1.82, 2.24) is 5.43 Å². The van der Waals surface area contributed by atoms with Gasteiger partial charge in [0, 0.05) is 10.6 Å². The highest BCUT2D eigenvalue weighted by Crippen LogP contribution is 2.38. The number of methoxy groups -OCH3 is 3. The lowest BCUT2D eigenvalue weighted by molar-refractivity contribution is -0.120. The number of ether oxygens (including phenoxy) is 3. The number of rotatable bonds is 7. The molecule has 0 fully saturated rings. The van der Waals surface area contributed by atoms with Crippen LogP contribution in [-0.4, -0.2) is 33.5 Å². The first-order chi connectivity index (χ1) is 12.1. The molecule has 0 atom stereocenters. The molecule has 2 rings (SSSR count). The van der Waals surface area contributed by atoms with Crippen LogP contribution in [0.3, 0.4) is 0 Å². The van der Waals surface area contributed by atoms with Crippen molar-refractivity contribution in [2.75, 3.05) is 21.3 Å². The SMILES string of the molecule is COc1ccc(/C=N/NC(=O)Cc2ccc(Cl)cc2)c(OC)c1OC. The lowest BCUT2D eigenvalue weighted by atomic mass is 10.1. The van der Waals surface area contributed by atoms with Gasteiger partial charge >= 0.3 is 0 Å². The molecule has 2 aromatic carbocycles. The molecule has 0 unspecified atom stereocenters. The summed E-state index contributed by atoms with van der Waals surface area (Å²) in [6.45, 7) is 0. The van der Waals surface area contributed by atoms with Gasteiger partial charge in [-0.1, -0.05) is 23.7 Å². The van der Waals surface area contributed by atoms with Gasteiger partial charge < -0.3 is 14.2 Å². The monoisotopic (exact) mass is 362 g/mol. The lowest BCUT2D eigenvalue weighted by Crippen LogP contribution is -2.19. The van der Waals surface area contributed by atoms with Crippen molar-refractivity contribution in [3.05, 3.63) is 52.5 Å². The minimum atomic E-state index is -0.238. The van der Waals surface area contributed by atoms with Crippen LogP contribution in [0, 0.1) is 0 Å². The van der Waals surface area contributed by atoms with Crippen LogP contribution >= 0.6 is 11.6 Å². The zero-order valence-electron chi connectivity index (χ0n) is 14.2. The molecule has 0 saturated carbocycles. The number of nitrogens with zero attached hydrogens (tertiary/aromatic N) is 1. The predicted octanol–water partition coefficient (Wildman–Crippen LogP) is 3.06. The minimum absolute atomic E-state index is 0.206. The number of nitrogens with one attached hydrogen (secondary N) is 1. The Balaban J connectivity index is 2.06. The topological polar surface area (TPSA) is 69.2 Å². The van der Waals surface area contributed by atoms with Crippen LogP contribution in [0.25, 0.3) is 0 Å².